The van der Waals surface area contributed by atoms with Crippen molar-refractivity contribution in [2.45, 2.75) is 210 Å². The van der Waals surface area contributed by atoms with Crippen LogP contribution >= 0.6 is 0 Å². The highest BCUT2D eigenvalue weighted by Gasteiger charge is 2.35. The molecule has 72 heavy (non-hydrogen) atoms. The highest BCUT2D eigenvalue weighted by atomic mass is 16.6. The summed E-state index contributed by atoms with van der Waals surface area (Å²) in [5.41, 5.74) is -3.94. The fourth-order valence-electron chi connectivity index (χ4n) is 5.77. The summed E-state index contributed by atoms with van der Waals surface area (Å²) in [6, 6.07) is 6.85. The van der Waals surface area contributed by atoms with Gasteiger partial charge in [0, 0.05) is 31.8 Å². The van der Waals surface area contributed by atoms with Gasteiger partial charge in [0.05, 0.1) is 6.61 Å². The average molecular weight is 1020 g/mol. The van der Waals surface area contributed by atoms with E-state index in [0.29, 0.717) is 31.4 Å². The Morgan fingerprint density at radius 2 is 0.903 bits per heavy atom. The first kappa shape index (κ1) is 64.0. The summed E-state index contributed by atoms with van der Waals surface area (Å²) < 4.78 is 39.0. The third-order valence-electron chi connectivity index (χ3n) is 8.42. The van der Waals surface area contributed by atoms with Gasteiger partial charge in [-0.1, -0.05) is 49.9 Å². The number of hydrogen-bond donors (Lipinski definition) is 4. The Morgan fingerprint density at radius 1 is 0.500 bits per heavy atom. The molecule has 0 aliphatic heterocycles. The Hall–Kier alpha value is -5.99. The van der Waals surface area contributed by atoms with E-state index in [9.17, 15) is 28.8 Å². The minimum atomic E-state index is -1.04. The molecule has 0 fully saturated rings. The van der Waals surface area contributed by atoms with Crippen LogP contribution in [0.25, 0.3) is 0 Å². The predicted octanol–water partition coefficient (Wildman–Crippen LogP) is 11.0. The zero-order valence-electron chi connectivity index (χ0n) is 46.4. The summed E-state index contributed by atoms with van der Waals surface area (Å²) in [6.07, 6.45) is -0.915. The highest BCUT2D eigenvalue weighted by Crippen LogP contribution is 2.19. The zero-order chi connectivity index (χ0) is 55.3. The van der Waals surface area contributed by atoms with E-state index in [4.69, 9.17) is 38.6 Å². The van der Waals surface area contributed by atoms with Crippen LogP contribution in [0.4, 0.5) is 28.8 Å². The van der Waals surface area contributed by atoms with Crippen molar-refractivity contribution in [3.8, 4) is 0 Å². The molecule has 408 valence electrons. The monoisotopic (exact) mass is 1020 g/mol. The third kappa shape index (κ3) is 31.4. The van der Waals surface area contributed by atoms with E-state index >= 15 is 0 Å². The largest absolute Gasteiger partial charge is 0.444 e. The van der Waals surface area contributed by atoms with Gasteiger partial charge in [0.1, 0.15) is 39.4 Å². The van der Waals surface area contributed by atoms with Crippen molar-refractivity contribution < 1.29 is 61.9 Å². The van der Waals surface area contributed by atoms with E-state index < -0.39 is 70.2 Å². The molecular weight excluding hydrogens is 933 g/mol. The standard InChI is InChI=1S/C51H86N8O13/c1-46(2,3)67-40(60)54-37(52)36-28-26-35(27-29-36)34-66-33-25-32-59(45(65)72-51(16,17)18)39(57-43(63)70-49(10,11)12)58(44(64)71-50(13,14)15)31-24-22-20-19-21-23-30-53-38(55-41(61)68-47(4,5)6)56-42(62)69-48(7,8)9/h26-29H,19-25,30-34H2,1-18H3,(H2,52,54,60)(H2,53,55,56,61,62)/b57-39-. The molecular formula is C51H86N8O13. The number of alkyl carbamates (subject to hydrolysis) is 2. The SMILES string of the molecule is CC(C)(C)OC(=O)/N=C(/NCCCCCCCCN(C(=O)OC(C)(C)C)/C(=N/C(=O)OC(C)(C)C)N(CCCOCc1ccc(C(=N)NC(=O)OC(C)(C)C)cc1)C(=O)OC(C)(C)C)NC(=O)OC(C)(C)C. The lowest BCUT2D eigenvalue weighted by molar-refractivity contribution is 0.0258. The zero-order valence-corrected chi connectivity index (χ0v) is 46.4. The maximum atomic E-state index is 14.1. The summed E-state index contributed by atoms with van der Waals surface area (Å²) >= 11 is 0. The average Bonchev–Trinajstić information content (AvgIpc) is 3.15. The first-order valence-corrected chi connectivity index (χ1v) is 24.5. The molecule has 0 atom stereocenters. The van der Waals surface area contributed by atoms with Crippen LogP contribution in [-0.2, 0) is 39.8 Å². The molecule has 21 nitrogen and oxygen atoms in total. The summed E-state index contributed by atoms with van der Waals surface area (Å²) in [7, 11) is 0. The predicted molar refractivity (Wildman–Crippen MR) is 275 cm³/mol. The molecule has 0 spiro atoms. The van der Waals surface area contributed by atoms with Crippen LogP contribution in [-0.4, -0.2) is 124 Å². The number of guanidine groups is 2. The van der Waals surface area contributed by atoms with Crippen LogP contribution < -0.4 is 16.0 Å². The smallest absolute Gasteiger partial charge is 0.437 e. The Kier molecular flexibility index (Phi) is 25.2. The number of nitrogens with zero attached hydrogens (tertiary/aromatic N) is 4. The van der Waals surface area contributed by atoms with Gasteiger partial charge in [0.2, 0.25) is 11.9 Å². The number of amides is 6. The number of hydrogen-bond acceptors (Lipinski definition) is 14. The van der Waals surface area contributed by atoms with Gasteiger partial charge in [-0.2, -0.15) is 0 Å². The molecule has 0 saturated carbocycles. The van der Waals surface area contributed by atoms with Gasteiger partial charge in [-0.15, -0.1) is 9.98 Å². The fourth-order valence-corrected chi connectivity index (χ4v) is 5.77. The molecule has 0 aromatic heterocycles. The van der Waals surface area contributed by atoms with Crippen LogP contribution in [0.15, 0.2) is 34.3 Å². The number of benzene rings is 1. The lowest BCUT2D eigenvalue weighted by Crippen LogP contribution is -2.53. The molecule has 0 radical (unpaired) electrons. The Labute approximate surface area is 427 Å². The molecule has 1 aromatic carbocycles. The molecule has 21 heteroatoms. The minimum absolute atomic E-state index is 0.00940. The van der Waals surface area contributed by atoms with E-state index in [-0.39, 0.29) is 50.5 Å². The third-order valence-corrected chi connectivity index (χ3v) is 8.42. The number of carbonyl (C=O) groups is 6. The summed E-state index contributed by atoms with van der Waals surface area (Å²) in [6.45, 7) is 31.2. The van der Waals surface area contributed by atoms with Crippen LogP contribution in [0, 0.1) is 5.41 Å². The minimum Gasteiger partial charge on any atom is -0.444 e. The molecule has 0 unspecified atom stereocenters. The lowest BCUT2D eigenvalue weighted by atomic mass is 10.1. The second-order valence-corrected chi connectivity index (χ2v) is 22.9. The van der Waals surface area contributed by atoms with Crippen LogP contribution in [0.1, 0.15) is 181 Å². The van der Waals surface area contributed by atoms with E-state index in [0.717, 1.165) is 34.6 Å². The number of carbonyl (C=O) groups excluding carboxylic acids is 6. The maximum Gasteiger partial charge on any atom is 0.437 e. The quantitative estimate of drug-likeness (QED) is 0.0520. The van der Waals surface area contributed by atoms with Gasteiger partial charge in [-0.25, -0.2) is 38.6 Å². The van der Waals surface area contributed by atoms with Gasteiger partial charge >= 0.3 is 36.6 Å². The summed E-state index contributed by atoms with van der Waals surface area (Å²) in [5.74, 6) is -0.559. The number of nitrogens with one attached hydrogen (secondary N) is 4. The van der Waals surface area contributed by atoms with Crippen molar-refractivity contribution in [1.29, 1.82) is 5.41 Å². The second kappa shape index (κ2) is 28.3. The number of amidine groups is 1. The van der Waals surface area contributed by atoms with Gasteiger partial charge in [0.25, 0.3) is 0 Å². The number of ether oxygens (including phenoxy) is 7. The topological polar surface area (TPSA) is 258 Å². The lowest BCUT2D eigenvalue weighted by Gasteiger charge is -2.34. The molecule has 4 N–H and O–H groups in total. The molecule has 0 saturated heterocycles. The van der Waals surface area contributed by atoms with Gasteiger partial charge < -0.3 is 38.5 Å². The molecule has 0 heterocycles. The molecule has 1 rings (SSSR count). The van der Waals surface area contributed by atoms with Crippen molar-refractivity contribution in [3.05, 3.63) is 35.4 Å². The maximum absolute atomic E-state index is 14.1. The summed E-state index contributed by atoms with van der Waals surface area (Å²) in [5, 5.41) is 16.1. The Morgan fingerprint density at radius 3 is 1.36 bits per heavy atom. The van der Waals surface area contributed by atoms with Gasteiger partial charge in [-0.3, -0.25) is 16.0 Å². The molecule has 0 aliphatic carbocycles. The van der Waals surface area contributed by atoms with Crippen molar-refractivity contribution in [3.63, 3.8) is 0 Å². The molecule has 0 aliphatic rings. The van der Waals surface area contributed by atoms with Gasteiger partial charge in [0.15, 0.2) is 0 Å². The van der Waals surface area contributed by atoms with E-state index in [1.807, 2.05) is 0 Å². The fraction of sp³-hybridized carbons (Fsp3) is 0.706. The highest BCUT2D eigenvalue weighted by molar-refractivity contribution is 6.05. The van der Waals surface area contributed by atoms with Crippen molar-refractivity contribution in [2.24, 2.45) is 9.98 Å². The first-order valence-electron chi connectivity index (χ1n) is 24.5. The number of aliphatic imine (C=N–C) groups is 2. The molecule has 0 bridgehead atoms. The van der Waals surface area contributed by atoms with Gasteiger partial charge in [-0.05, 0) is 149 Å². The Balaban J connectivity index is 3.25. The number of rotatable bonds is 16. The second-order valence-electron chi connectivity index (χ2n) is 22.9. The number of unbranched alkanes of at least 4 members (excludes halogenated alkanes) is 5. The van der Waals surface area contributed by atoms with Crippen LogP contribution in [0.2, 0.25) is 0 Å². The van der Waals surface area contributed by atoms with Crippen molar-refractivity contribution in [1.82, 2.24) is 25.8 Å². The Bertz CT molecular complexity index is 2010. The van der Waals surface area contributed by atoms with E-state index in [1.165, 1.54) is 0 Å². The normalized spacial score (nSPS) is 12.8. The van der Waals surface area contributed by atoms with Crippen molar-refractivity contribution >= 4 is 54.3 Å². The first-order chi connectivity index (χ1) is 32.8. The molecule has 1 aromatic rings. The van der Waals surface area contributed by atoms with Crippen molar-refractivity contribution in [2.75, 3.05) is 26.2 Å². The summed E-state index contributed by atoms with van der Waals surface area (Å²) in [4.78, 5) is 89.1. The van der Waals surface area contributed by atoms with Crippen LogP contribution in [0.3, 0.4) is 0 Å². The van der Waals surface area contributed by atoms with E-state index in [1.54, 1.807) is 149 Å². The van der Waals surface area contributed by atoms with Crippen LogP contribution in [0.5, 0.6) is 0 Å². The molecule has 6 amide bonds. The van der Waals surface area contributed by atoms with E-state index in [2.05, 4.69) is 25.9 Å².